The molecule has 17 heavy (non-hydrogen) atoms. The number of aromatic hydroxyl groups is 1. The maximum atomic E-state index is 11.3. The summed E-state index contributed by atoms with van der Waals surface area (Å²) in [5.74, 6) is -0.867. The SMILES string of the molecule is CC(=O)C(C(C)=O)=C(Cl)c1ccc(O)cc1Cl. The number of carbonyl (C=O) groups excluding carboxylic acids is 2. The lowest BCUT2D eigenvalue weighted by atomic mass is 10.0. The molecule has 1 aromatic rings. The lowest BCUT2D eigenvalue weighted by molar-refractivity contribution is -0.119. The van der Waals surface area contributed by atoms with Crippen LogP contribution in [0.25, 0.3) is 5.03 Å². The minimum absolute atomic E-state index is 0.00463. The number of phenols is 1. The third kappa shape index (κ3) is 3.08. The molecule has 1 N–H and O–H groups in total. The fourth-order valence-corrected chi connectivity index (χ4v) is 2.12. The van der Waals surface area contributed by atoms with Crippen molar-refractivity contribution < 1.29 is 14.7 Å². The Hall–Kier alpha value is -1.32. The zero-order chi connectivity index (χ0) is 13.2. The number of Topliss-reactive ketones (excluding diaryl/α,β-unsaturated/α-hetero) is 2. The number of allylic oxidation sites excluding steroid dienone is 1. The molecule has 0 saturated carbocycles. The molecule has 0 aliphatic heterocycles. The predicted molar refractivity (Wildman–Crippen MR) is 67.3 cm³/mol. The summed E-state index contributed by atoms with van der Waals surface area (Å²) in [6, 6.07) is 4.12. The number of phenolic OH excluding ortho intramolecular Hbond substituents is 1. The van der Waals surface area contributed by atoms with Gasteiger partial charge in [-0.1, -0.05) is 23.2 Å². The summed E-state index contributed by atoms with van der Waals surface area (Å²) in [7, 11) is 0. The van der Waals surface area contributed by atoms with Gasteiger partial charge in [-0.2, -0.15) is 0 Å². The molecule has 90 valence electrons. The van der Waals surface area contributed by atoms with E-state index < -0.39 is 11.6 Å². The van der Waals surface area contributed by atoms with E-state index in [1.165, 1.54) is 32.0 Å². The zero-order valence-electron chi connectivity index (χ0n) is 9.25. The first kappa shape index (κ1) is 13.7. The van der Waals surface area contributed by atoms with Crippen molar-refractivity contribution in [3.8, 4) is 5.75 Å². The largest absolute Gasteiger partial charge is 0.508 e. The van der Waals surface area contributed by atoms with E-state index >= 15 is 0 Å². The quantitative estimate of drug-likeness (QED) is 0.522. The molecule has 1 rings (SSSR count). The summed E-state index contributed by atoms with van der Waals surface area (Å²) >= 11 is 11.9. The predicted octanol–water partition coefficient (Wildman–Crippen LogP) is 3.17. The van der Waals surface area contributed by atoms with Crippen LogP contribution in [0.4, 0.5) is 0 Å². The molecule has 0 saturated heterocycles. The first-order valence-corrected chi connectivity index (χ1v) is 5.50. The minimum Gasteiger partial charge on any atom is -0.508 e. The zero-order valence-corrected chi connectivity index (χ0v) is 10.8. The molecule has 0 bridgehead atoms. The van der Waals surface area contributed by atoms with Gasteiger partial charge in [0, 0.05) is 5.56 Å². The highest BCUT2D eigenvalue weighted by atomic mass is 35.5. The molecule has 0 spiro atoms. The van der Waals surface area contributed by atoms with Gasteiger partial charge >= 0.3 is 0 Å². The molecule has 0 amide bonds. The van der Waals surface area contributed by atoms with E-state index in [4.69, 9.17) is 23.2 Å². The molecule has 0 aliphatic carbocycles. The normalized spacial score (nSPS) is 9.88. The van der Waals surface area contributed by atoms with Gasteiger partial charge in [0.15, 0.2) is 11.6 Å². The highest BCUT2D eigenvalue weighted by Crippen LogP contribution is 2.32. The molecule has 5 heteroatoms. The van der Waals surface area contributed by atoms with Crippen LogP contribution in [0.3, 0.4) is 0 Å². The highest BCUT2D eigenvalue weighted by Gasteiger charge is 2.18. The molecular weight excluding hydrogens is 263 g/mol. The van der Waals surface area contributed by atoms with Crippen LogP contribution in [0.1, 0.15) is 19.4 Å². The van der Waals surface area contributed by atoms with Crippen molar-refractivity contribution in [1.82, 2.24) is 0 Å². The Labute approximate surface area is 109 Å². The summed E-state index contributed by atoms with van der Waals surface area (Å²) in [6.45, 7) is 2.51. The fourth-order valence-electron chi connectivity index (χ4n) is 1.37. The number of carbonyl (C=O) groups is 2. The Morgan fingerprint density at radius 3 is 2.12 bits per heavy atom. The third-order valence-corrected chi connectivity index (χ3v) is 2.82. The lowest BCUT2D eigenvalue weighted by Gasteiger charge is -2.07. The van der Waals surface area contributed by atoms with Crippen LogP contribution in [0.2, 0.25) is 5.02 Å². The number of hydrogen-bond donors (Lipinski definition) is 1. The van der Waals surface area contributed by atoms with Gasteiger partial charge in [-0.3, -0.25) is 9.59 Å². The van der Waals surface area contributed by atoms with E-state index in [0.29, 0.717) is 5.56 Å². The van der Waals surface area contributed by atoms with Crippen molar-refractivity contribution >= 4 is 39.8 Å². The molecule has 0 heterocycles. The van der Waals surface area contributed by atoms with Crippen LogP contribution in [-0.4, -0.2) is 16.7 Å². The van der Waals surface area contributed by atoms with Crippen molar-refractivity contribution in [2.24, 2.45) is 0 Å². The average molecular weight is 273 g/mol. The molecule has 0 aromatic heterocycles. The van der Waals surface area contributed by atoms with Crippen molar-refractivity contribution in [2.75, 3.05) is 0 Å². The van der Waals surface area contributed by atoms with E-state index in [1.54, 1.807) is 0 Å². The molecule has 0 aliphatic rings. The van der Waals surface area contributed by atoms with Crippen LogP contribution < -0.4 is 0 Å². The molecule has 3 nitrogen and oxygen atoms in total. The van der Waals surface area contributed by atoms with Crippen LogP contribution in [-0.2, 0) is 9.59 Å². The first-order chi connectivity index (χ1) is 7.84. The van der Waals surface area contributed by atoms with Gasteiger partial charge in [0.2, 0.25) is 0 Å². The van der Waals surface area contributed by atoms with E-state index in [0.717, 1.165) is 0 Å². The number of ketones is 2. The van der Waals surface area contributed by atoms with Gasteiger partial charge in [0.05, 0.1) is 15.6 Å². The smallest absolute Gasteiger partial charge is 0.164 e. The van der Waals surface area contributed by atoms with Crippen molar-refractivity contribution in [2.45, 2.75) is 13.8 Å². The molecule has 0 atom stereocenters. The van der Waals surface area contributed by atoms with Gasteiger partial charge < -0.3 is 5.11 Å². The third-order valence-electron chi connectivity index (χ3n) is 2.11. The Balaban J connectivity index is 3.44. The van der Waals surface area contributed by atoms with Crippen molar-refractivity contribution in [1.29, 1.82) is 0 Å². The summed E-state index contributed by atoms with van der Waals surface area (Å²) in [5.41, 5.74) is 0.241. The fraction of sp³-hybridized carbons (Fsp3) is 0.167. The van der Waals surface area contributed by atoms with Gasteiger partial charge in [-0.05, 0) is 32.0 Å². The van der Waals surface area contributed by atoms with Crippen LogP contribution in [0, 0.1) is 0 Å². The monoisotopic (exact) mass is 272 g/mol. The minimum atomic E-state index is -0.424. The molecule has 1 aromatic carbocycles. The maximum Gasteiger partial charge on any atom is 0.164 e. The van der Waals surface area contributed by atoms with Gasteiger partial charge in [0.1, 0.15) is 5.75 Å². The first-order valence-electron chi connectivity index (χ1n) is 4.75. The summed E-state index contributed by atoms with van der Waals surface area (Å²) in [4.78, 5) is 22.6. The van der Waals surface area contributed by atoms with Crippen LogP contribution in [0.15, 0.2) is 23.8 Å². The Morgan fingerprint density at radius 1 is 1.18 bits per heavy atom. The average Bonchev–Trinajstić information content (AvgIpc) is 2.15. The van der Waals surface area contributed by atoms with Crippen LogP contribution in [0.5, 0.6) is 5.75 Å². The summed E-state index contributed by atoms with van der Waals surface area (Å²) in [6.07, 6.45) is 0. The number of halogens is 2. The molecule has 0 unspecified atom stereocenters. The van der Waals surface area contributed by atoms with Crippen molar-refractivity contribution in [3.63, 3.8) is 0 Å². The summed E-state index contributed by atoms with van der Waals surface area (Å²) < 4.78 is 0. The van der Waals surface area contributed by atoms with E-state index in [1.807, 2.05) is 0 Å². The number of hydrogen-bond acceptors (Lipinski definition) is 3. The Bertz CT molecular complexity index is 502. The number of rotatable bonds is 3. The Kier molecular flexibility index (Phi) is 4.32. The van der Waals surface area contributed by atoms with Gasteiger partial charge in [-0.15, -0.1) is 0 Å². The molecular formula is C12H10Cl2O3. The summed E-state index contributed by atoms with van der Waals surface area (Å²) in [5, 5.41) is 9.37. The lowest BCUT2D eigenvalue weighted by Crippen LogP contribution is -2.08. The van der Waals surface area contributed by atoms with Crippen molar-refractivity contribution in [3.05, 3.63) is 34.4 Å². The molecule has 0 fully saturated rings. The van der Waals surface area contributed by atoms with Gasteiger partial charge in [0.25, 0.3) is 0 Å². The van der Waals surface area contributed by atoms with E-state index in [2.05, 4.69) is 0 Å². The van der Waals surface area contributed by atoms with E-state index in [9.17, 15) is 14.7 Å². The van der Waals surface area contributed by atoms with Gasteiger partial charge in [-0.25, -0.2) is 0 Å². The Morgan fingerprint density at radius 2 is 1.71 bits per heavy atom. The number of benzene rings is 1. The standard InChI is InChI=1S/C12H10Cl2O3/c1-6(15)11(7(2)16)12(14)9-4-3-8(17)5-10(9)13/h3-5,17H,1-2H3. The topological polar surface area (TPSA) is 54.4 Å². The second-order valence-electron chi connectivity index (χ2n) is 3.47. The highest BCUT2D eigenvalue weighted by molar-refractivity contribution is 6.55. The van der Waals surface area contributed by atoms with Crippen LogP contribution >= 0.6 is 23.2 Å². The maximum absolute atomic E-state index is 11.3. The second-order valence-corrected chi connectivity index (χ2v) is 4.25. The second kappa shape index (κ2) is 5.34. The van der Waals surface area contributed by atoms with E-state index in [-0.39, 0.29) is 21.4 Å². The molecule has 0 radical (unpaired) electrons.